The molecule has 1 heterocycles. The molecule has 0 spiro atoms. The second-order valence-electron chi connectivity index (χ2n) is 9.79. The second-order valence-corrected chi connectivity index (χ2v) is 9.79. The number of nitrogens with one attached hydrogen (secondary N) is 2. The van der Waals surface area contributed by atoms with E-state index in [0.29, 0.717) is 35.5 Å². The third-order valence-corrected chi connectivity index (χ3v) is 6.58. The van der Waals surface area contributed by atoms with E-state index < -0.39 is 6.04 Å². The first-order valence-corrected chi connectivity index (χ1v) is 11.8. The van der Waals surface area contributed by atoms with Gasteiger partial charge in [-0.25, -0.2) is 4.79 Å². The molecule has 1 atom stereocenters. The summed E-state index contributed by atoms with van der Waals surface area (Å²) in [7, 11) is 1.61. The number of amides is 2. The van der Waals surface area contributed by atoms with E-state index in [1.165, 1.54) is 0 Å². The zero-order chi connectivity index (χ0) is 24.6. The van der Waals surface area contributed by atoms with Crippen molar-refractivity contribution in [1.29, 1.82) is 0 Å². The molecule has 2 N–H and O–H groups in total. The number of methoxy groups -OCH3 is 1. The zero-order valence-corrected chi connectivity index (χ0v) is 20.2. The number of allylic oxidation sites excluding steroid dienone is 1. The van der Waals surface area contributed by atoms with E-state index in [1.54, 1.807) is 12.0 Å². The third-order valence-electron chi connectivity index (χ3n) is 6.58. The minimum Gasteiger partial charge on any atom is -0.496 e. The number of Topliss-reactive ketones (excluding diaryl/α,β-unsaturated/α-hetero) is 1. The molecule has 0 bridgehead atoms. The summed E-state index contributed by atoms with van der Waals surface area (Å²) in [6.07, 6.45) is 1.10. The molecule has 1 aliphatic carbocycles. The fourth-order valence-electron chi connectivity index (χ4n) is 5.10. The standard InChI is InChI=1S/C29H29N3O3/c1-29(2)17-22-26(24(33)18-29)27(20-13-7-10-16-25(20)35-3)32(23-15-9-8-14-21(23)31-22)28(34)30-19-11-5-4-6-12-19/h4-16,27,31H,17-18H2,1-3H3,(H,30,34)/t27-/m1/s1. The van der Waals surface area contributed by atoms with Crippen molar-refractivity contribution in [3.05, 3.63) is 95.7 Å². The van der Waals surface area contributed by atoms with E-state index >= 15 is 0 Å². The molecule has 0 fully saturated rings. The number of ether oxygens (including phenoxy) is 1. The van der Waals surface area contributed by atoms with Gasteiger partial charge in [0.15, 0.2) is 5.78 Å². The van der Waals surface area contributed by atoms with Crippen LogP contribution in [0.3, 0.4) is 0 Å². The number of ketones is 1. The Bertz CT molecular complexity index is 1310. The molecule has 6 heteroatoms. The summed E-state index contributed by atoms with van der Waals surface area (Å²) in [5, 5.41) is 6.56. The maximum atomic E-state index is 14.0. The summed E-state index contributed by atoms with van der Waals surface area (Å²) in [6.45, 7) is 4.20. The van der Waals surface area contributed by atoms with Crippen molar-refractivity contribution in [2.75, 3.05) is 22.6 Å². The minimum atomic E-state index is -0.662. The predicted molar refractivity (Wildman–Crippen MR) is 139 cm³/mol. The van der Waals surface area contributed by atoms with E-state index in [2.05, 4.69) is 24.5 Å². The summed E-state index contributed by atoms with van der Waals surface area (Å²) in [5.74, 6) is 0.656. The van der Waals surface area contributed by atoms with Crippen molar-refractivity contribution in [3.8, 4) is 5.75 Å². The van der Waals surface area contributed by atoms with Crippen LogP contribution in [-0.2, 0) is 4.79 Å². The summed E-state index contributed by atoms with van der Waals surface area (Å²) < 4.78 is 5.72. The lowest BCUT2D eigenvalue weighted by Crippen LogP contribution is -2.41. The number of hydrogen-bond acceptors (Lipinski definition) is 4. The Morgan fingerprint density at radius 3 is 2.43 bits per heavy atom. The number of anilines is 3. The Morgan fingerprint density at radius 2 is 1.66 bits per heavy atom. The Labute approximate surface area is 205 Å². The van der Waals surface area contributed by atoms with Gasteiger partial charge in [-0.3, -0.25) is 9.69 Å². The van der Waals surface area contributed by atoms with Crippen LogP contribution in [0, 0.1) is 5.41 Å². The summed E-state index contributed by atoms with van der Waals surface area (Å²) in [4.78, 5) is 29.4. The largest absolute Gasteiger partial charge is 0.496 e. The summed E-state index contributed by atoms with van der Waals surface area (Å²) in [6, 6.07) is 23.6. The number of benzene rings is 3. The first kappa shape index (κ1) is 22.7. The number of hydrogen-bond donors (Lipinski definition) is 2. The Morgan fingerprint density at radius 1 is 0.971 bits per heavy atom. The molecule has 35 heavy (non-hydrogen) atoms. The van der Waals surface area contributed by atoms with Crippen molar-refractivity contribution in [2.45, 2.75) is 32.7 Å². The average Bonchev–Trinajstić information content (AvgIpc) is 2.98. The quantitative estimate of drug-likeness (QED) is 0.459. The number of carbonyl (C=O) groups is 2. The van der Waals surface area contributed by atoms with E-state index in [0.717, 1.165) is 16.9 Å². The topological polar surface area (TPSA) is 70.7 Å². The van der Waals surface area contributed by atoms with Crippen LogP contribution in [0.1, 0.15) is 38.3 Å². The van der Waals surface area contributed by atoms with E-state index in [-0.39, 0.29) is 17.2 Å². The highest BCUT2D eigenvalue weighted by Gasteiger charge is 2.44. The number of para-hydroxylation sites is 4. The average molecular weight is 468 g/mol. The Kier molecular flexibility index (Phi) is 5.81. The van der Waals surface area contributed by atoms with Gasteiger partial charge in [-0.1, -0.05) is 62.4 Å². The molecule has 0 saturated heterocycles. The molecule has 1 aliphatic heterocycles. The second kappa shape index (κ2) is 8.95. The van der Waals surface area contributed by atoms with Gasteiger partial charge >= 0.3 is 6.03 Å². The number of urea groups is 1. The lowest BCUT2D eigenvalue weighted by atomic mass is 9.73. The molecule has 0 saturated carbocycles. The Balaban J connectivity index is 1.75. The normalized spacial score (nSPS) is 18.7. The molecule has 0 unspecified atom stereocenters. The third kappa shape index (κ3) is 4.28. The maximum Gasteiger partial charge on any atom is 0.327 e. The number of carbonyl (C=O) groups excluding carboxylic acids is 2. The minimum absolute atomic E-state index is 0.0324. The SMILES string of the molecule is COc1ccccc1[C@@H]1C2=C(CC(C)(C)CC2=O)Nc2ccccc2N1C(=O)Nc1ccccc1. The predicted octanol–water partition coefficient (Wildman–Crippen LogP) is 6.54. The summed E-state index contributed by atoms with van der Waals surface area (Å²) >= 11 is 0. The highest BCUT2D eigenvalue weighted by atomic mass is 16.5. The van der Waals surface area contributed by atoms with Crippen LogP contribution in [-0.4, -0.2) is 18.9 Å². The number of fused-ring (bicyclic) bond motifs is 1. The van der Waals surface area contributed by atoms with Crippen molar-refractivity contribution < 1.29 is 14.3 Å². The lowest BCUT2D eigenvalue weighted by Gasteiger charge is -2.37. The molecule has 178 valence electrons. The van der Waals surface area contributed by atoms with Gasteiger partial charge in [-0.15, -0.1) is 0 Å². The van der Waals surface area contributed by atoms with E-state index in [9.17, 15) is 9.59 Å². The zero-order valence-electron chi connectivity index (χ0n) is 20.2. The Hall–Kier alpha value is -4.06. The highest BCUT2D eigenvalue weighted by Crippen LogP contribution is 2.49. The molecule has 3 aromatic rings. The van der Waals surface area contributed by atoms with Gasteiger partial charge < -0.3 is 15.4 Å². The lowest BCUT2D eigenvalue weighted by molar-refractivity contribution is -0.118. The van der Waals surface area contributed by atoms with Crippen LogP contribution >= 0.6 is 0 Å². The van der Waals surface area contributed by atoms with Gasteiger partial charge in [-0.2, -0.15) is 0 Å². The van der Waals surface area contributed by atoms with Crippen molar-refractivity contribution >= 4 is 28.9 Å². The molecule has 0 aromatic heterocycles. The van der Waals surface area contributed by atoms with Gasteiger partial charge in [0.25, 0.3) is 0 Å². The van der Waals surface area contributed by atoms with E-state index in [1.807, 2.05) is 78.9 Å². The number of rotatable bonds is 3. The molecular formula is C29H29N3O3. The molecular weight excluding hydrogens is 438 g/mol. The smallest absolute Gasteiger partial charge is 0.327 e. The molecule has 6 nitrogen and oxygen atoms in total. The van der Waals surface area contributed by atoms with Gasteiger partial charge in [0.2, 0.25) is 0 Å². The fraction of sp³-hybridized carbons (Fsp3) is 0.241. The van der Waals surface area contributed by atoms with Gasteiger partial charge in [0.05, 0.1) is 24.5 Å². The van der Waals surface area contributed by atoms with E-state index in [4.69, 9.17) is 4.74 Å². The van der Waals surface area contributed by atoms with Crippen molar-refractivity contribution in [3.63, 3.8) is 0 Å². The fourth-order valence-corrected chi connectivity index (χ4v) is 5.10. The van der Waals surface area contributed by atoms with Crippen LogP contribution in [0.2, 0.25) is 0 Å². The van der Waals surface area contributed by atoms with Gasteiger partial charge in [-0.05, 0) is 42.2 Å². The van der Waals surface area contributed by atoms with Crippen LogP contribution in [0.4, 0.5) is 21.9 Å². The van der Waals surface area contributed by atoms with Gasteiger partial charge in [0.1, 0.15) is 5.75 Å². The molecule has 2 amide bonds. The van der Waals surface area contributed by atoms with Crippen LogP contribution in [0.25, 0.3) is 0 Å². The molecule has 2 aliphatic rings. The first-order chi connectivity index (χ1) is 16.9. The molecule has 3 aromatic carbocycles. The van der Waals surface area contributed by atoms with Crippen molar-refractivity contribution in [1.82, 2.24) is 0 Å². The van der Waals surface area contributed by atoms with Gasteiger partial charge in [0, 0.05) is 28.9 Å². The van der Waals surface area contributed by atoms with Crippen LogP contribution in [0.15, 0.2) is 90.1 Å². The monoisotopic (exact) mass is 467 g/mol. The summed E-state index contributed by atoms with van der Waals surface area (Å²) in [5.41, 5.74) is 4.18. The maximum absolute atomic E-state index is 14.0. The molecule has 0 radical (unpaired) electrons. The highest BCUT2D eigenvalue weighted by molar-refractivity contribution is 6.09. The van der Waals surface area contributed by atoms with Crippen LogP contribution < -0.4 is 20.3 Å². The number of nitrogens with zero attached hydrogens (tertiary/aromatic N) is 1. The first-order valence-electron chi connectivity index (χ1n) is 11.8. The van der Waals surface area contributed by atoms with Crippen LogP contribution in [0.5, 0.6) is 5.75 Å². The van der Waals surface area contributed by atoms with Crippen molar-refractivity contribution in [2.24, 2.45) is 5.41 Å². The molecule has 5 rings (SSSR count).